The first kappa shape index (κ1) is 15.4. The van der Waals surface area contributed by atoms with Crippen LogP contribution in [0, 0.1) is 0 Å². The lowest BCUT2D eigenvalue weighted by molar-refractivity contribution is -0.139. The van der Waals surface area contributed by atoms with E-state index in [2.05, 4.69) is 5.32 Å². The van der Waals surface area contributed by atoms with Crippen LogP contribution >= 0.6 is 23.2 Å². The number of hydrogen-bond acceptors (Lipinski definition) is 2. The van der Waals surface area contributed by atoms with Gasteiger partial charge in [0.2, 0.25) is 0 Å². The largest absolute Gasteiger partial charge is 0.506 e. The van der Waals surface area contributed by atoms with E-state index in [1.807, 2.05) is 0 Å². The Hall–Kier alpha value is -0.650. The van der Waals surface area contributed by atoms with E-state index in [0.717, 1.165) is 0 Å². The molecule has 2 nitrogen and oxygen atoms in total. The van der Waals surface area contributed by atoms with E-state index in [9.17, 15) is 18.3 Å². The summed E-state index contributed by atoms with van der Waals surface area (Å²) in [5.74, 6) is -0.173. The van der Waals surface area contributed by atoms with E-state index in [-0.39, 0.29) is 17.3 Å². The number of phenolic OH excluding ortho intramolecular Hbond substituents is 1. The minimum atomic E-state index is -4.22. The number of nitrogens with one attached hydrogen (secondary N) is 1. The molecule has 0 radical (unpaired) electrons. The highest BCUT2D eigenvalue weighted by Crippen LogP contribution is 2.31. The third-order valence-electron chi connectivity index (χ3n) is 2.29. The van der Waals surface area contributed by atoms with E-state index >= 15 is 0 Å². The second-order valence-corrected chi connectivity index (χ2v) is 4.84. The van der Waals surface area contributed by atoms with Crippen LogP contribution in [0.3, 0.4) is 0 Å². The van der Waals surface area contributed by atoms with Crippen LogP contribution in [-0.4, -0.2) is 17.3 Å². The predicted octanol–water partition coefficient (Wildman–Crippen LogP) is 4.13. The topological polar surface area (TPSA) is 32.3 Å². The van der Waals surface area contributed by atoms with E-state index in [1.165, 1.54) is 19.1 Å². The molecule has 1 unspecified atom stereocenters. The molecule has 1 aromatic rings. The Morgan fingerprint density at radius 2 is 1.94 bits per heavy atom. The van der Waals surface area contributed by atoms with Crippen molar-refractivity contribution in [1.82, 2.24) is 5.32 Å². The Morgan fingerprint density at radius 3 is 2.50 bits per heavy atom. The van der Waals surface area contributed by atoms with Crippen molar-refractivity contribution in [3.8, 4) is 5.75 Å². The number of hydrogen-bond donors (Lipinski definition) is 2. The van der Waals surface area contributed by atoms with Gasteiger partial charge in [-0.3, -0.25) is 0 Å². The van der Waals surface area contributed by atoms with Gasteiger partial charge in [0, 0.05) is 23.2 Å². The van der Waals surface area contributed by atoms with Crippen LogP contribution in [-0.2, 0) is 6.54 Å². The van der Waals surface area contributed by atoms with Crippen LogP contribution in [0.4, 0.5) is 13.2 Å². The molecule has 0 amide bonds. The normalized spacial score (nSPS) is 13.7. The maximum absolute atomic E-state index is 12.1. The molecule has 0 aliphatic carbocycles. The van der Waals surface area contributed by atoms with Gasteiger partial charge in [-0.25, -0.2) is 0 Å². The van der Waals surface area contributed by atoms with Crippen molar-refractivity contribution in [3.63, 3.8) is 0 Å². The highest BCUT2D eigenvalue weighted by atomic mass is 35.5. The summed E-state index contributed by atoms with van der Waals surface area (Å²) in [5.41, 5.74) is 0.363. The van der Waals surface area contributed by atoms with Crippen molar-refractivity contribution in [2.75, 3.05) is 0 Å². The molecular weight excluding hydrogens is 290 g/mol. The number of phenols is 1. The predicted molar refractivity (Wildman–Crippen MR) is 65.1 cm³/mol. The zero-order valence-corrected chi connectivity index (χ0v) is 11.0. The van der Waals surface area contributed by atoms with Gasteiger partial charge >= 0.3 is 6.18 Å². The molecule has 102 valence electrons. The first-order valence-electron chi connectivity index (χ1n) is 5.16. The monoisotopic (exact) mass is 301 g/mol. The molecule has 18 heavy (non-hydrogen) atoms. The Labute approximate surface area is 113 Å². The molecule has 0 bridgehead atoms. The summed E-state index contributed by atoms with van der Waals surface area (Å²) in [7, 11) is 0. The molecule has 0 saturated heterocycles. The summed E-state index contributed by atoms with van der Waals surface area (Å²) >= 11 is 11.4. The number of rotatable bonds is 4. The first-order valence-corrected chi connectivity index (χ1v) is 5.91. The Balaban J connectivity index is 2.64. The second-order valence-electron chi connectivity index (χ2n) is 4.00. The van der Waals surface area contributed by atoms with Crippen molar-refractivity contribution in [3.05, 3.63) is 27.7 Å². The average molecular weight is 302 g/mol. The molecule has 0 aliphatic rings. The summed E-state index contributed by atoms with van der Waals surface area (Å²) in [5, 5.41) is 12.7. The van der Waals surface area contributed by atoms with E-state index < -0.39 is 18.6 Å². The molecular formula is C11H12Cl2F3NO. The average Bonchev–Trinajstić information content (AvgIpc) is 2.18. The third-order valence-corrected chi connectivity index (χ3v) is 2.79. The fourth-order valence-electron chi connectivity index (χ4n) is 1.46. The zero-order chi connectivity index (χ0) is 13.9. The Kier molecular flexibility index (Phi) is 5.13. The molecule has 1 aromatic carbocycles. The summed E-state index contributed by atoms with van der Waals surface area (Å²) < 4.78 is 36.3. The first-order chi connectivity index (χ1) is 8.19. The fraction of sp³-hybridized carbons (Fsp3) is 0.455. The van der Waals surface area contributed by atoms with Crippen LogP contribution in [0.15, 0.2) is 12.1 Å². The Morgan fingerprint density at radius 1 is 1.33 bits per heavy atom. The van der Waals surface area contributed by atoms with Crippen LogP contribution in [0.5, 0.6) is 5.75 Å². The van der Waals surface area contributed by atoms with Crippen molar-refractivity contribution in [2.45, 2.75) is 32.1 Å². The van der Waals surface area contributed by atoms with Gasteiger partial charge in [-0.2, -0.15) is 13.2 Å². The van der Waals surface area contributed by atoms with E-state index in [0.29, 0.717) is 10.6 Å². The van der Waals surface area contributed by atoms with Crippen LogP contribution in [0.1, 0.15) is 18.9 Å². The van der Waals surface area contributed by atoms with Crippen molar-refractivity contribution < 1.29 is 18.3 Å². The van der Waals surface area contributed by atoms with Gasteiger partial charge in [-0.15, -0.1) is 0 Å². The third kappa shape index (κ3) is 4.92. The number of alkyl halides is 3. The maximum atomic E-state index is 12.1. The van der Waals surface area contributed by atoms with E-state index in [4.69, 9.17) is 23.2 Å². The van der Waals surface area contributed by atoms with Gasteiger partial charge in [0.1, 0.15) is 5.75 Å². The molecule has 0 aromatic heterocycles. The van der Waals surface area contributed by atoms with Gasteiger partial charge in [0.15, 0.2) is 0 Å². The second kappa shape index (κ2) is 5.99. The molecule has 0 aliphatic heterocycles. The SMILES string of the molecule is CC(CC(F)(F)F)NCc1cc(Cl)cc(Cl)c1O. The van der Waals surface area contributed by atoms with Crippen molar-refractivity contribution in [1.29, 1.82) is 0 Å². The molecule has 0 saturated carbocycles. The summed E-state index contributed by atoms with van der Waals surface area (Å²) in [6.45, 7) is 1.47. The lowest BCUT2D eigenvalue weighted by atomic mass is 10.1. The summed E-state index contributed by atoms with van der Waals surface area (Å²) in [6.07, 6.45) is -5.16. The van der Waals surface area contributed by atoms with Crippen molar-refractivity contribution in [2.24, 2.45) is 0 Å². The van der Waals surface area contributed by atoms with Crippen LogP contribution in [0.25, 0.3) is 0 Å². The smallest absolute Gasteiger partial charge is 0.390 e. The molecule has 0 fully saturated rings. The van der Waals surface area contributed by atoms with Gasteiger partial charge in [-0.1, -0.05) is 23.2 Å². The molecule has 1 rings (SSSR count). The van der Waals surface area contributed by atoms with E-state index in [1.54, 1.807) is 0 Å². The lowest BCUT2D eigenvalue weighted by Crippen LogP contribution is -2.30. The molecule has 7 heteroatoms. The van der Waals surface area contributed by atoms with Crippen LogP contribution < -0.4 is 5.32 Å². The Bertz CT molecular complexity index is 423. The fourth-order valence-corrected chi connectivity index (χ4v) is 1.99. The minimum Gasteiger partial charge on any atom is -0.506 e. The van der Waals surface area contributed by atoms with Gasteiger partial charge < -0.3 is 10.4 Å². The summed E-state index contributed by atoms with van der Waals surface area (Å²) in [4.78, 5) is 0. The quantitative estimate of drug-likeness (QED) is 0.876. The summed E-state index contributed by atoms with van der Waals surface area (Å²) in [6, 6.07) is 2.05. The highest BCUT2D eigenvalue weighted by Gasteiger charge is 2.29. The highest BCUT2D eigenvalue weighted by molar-refractivity contribution is 6.35. The number of benzene rings is 1. The standard InChI is InChI=1S/C11H12Cl2F3NO/c1-6(4-11(14,15)16)17-5-7-2-8(12)3-9(13)10(7)18/h2-3,6,17-18H,4-5H2,1H3. The zero-order valence-electron chi connectivity index (χ0n) is 9.48. The van der Waals surface area contributed by atoms with Crippen LogP contribution in [0.2, 0.25) is 10.0 Å². The lowest BCUT2D eigenvalue weighted by Gasteiger charge is -2.16. The van der Waals surface area contributed by atoms with Gasteiger partial charge in [0.25, 0.3) is 0 Å². The minimum absolute atomic E-state index is 0.0589. The molecule has 1 atom stereocenters. The maximum Gasteiger partial charge on any atom is 0.390 e. The van der Waals surface area contributed by atoms with Crippen molar-refractivity contribution >= 4 is 23.2 Å². The molecule has 0 heterocycles. The van der Waals surface area contributed by atoms with Gasteiger partial charge in [0.05, 0.1) is 11.4 Å². The number of aromatic hydroxyl groups is 1. The molecule has 2 N–H and O–H groups in total. The van der Waals surface area contributed by atoms with Gasteiger partial charge in [-0.05, 0) is 19.1 Å². The number of halogens is 5. The molecule has 0 spiro atoms.